The third-order valence-corrected chi connectivity index (χ3v) is 7.25. The highest BCUT2D eigenvalue weighted by Gasteiger charge is 2.36. The zero-order valence-corrected chi connectivity index (χ0v) is 18.1. The van der Waals surface area contributed by atoms with Gasteiger partial charge >= 0.3 is 0 Å². The van der Waals surface area contributed by atoms with E-state index in [0.717, 1.165) is 31.0 Å². The van der Waals surface area contributed by atoms with Crippen molar-refractivity contribution in [3.8, 4) is 5.75 Å². The summed E-state index contributed by atoms with van der Waals surface area (Å²) in [7, 11) is 0. The summed E-state index contributed by atoms with van der Waals surface area (Å²) in [6.45, 7) is 6.82. The molecule has 0 spiro atoms. The molecule has 2 N–H and O–H groups in total. The summed E-state index contributed by atoms with van der Waals surface area (Å²) >= 11 is 0. The summed E-state index contributed by atoms with van der Waals surface area (Å²) in [5.41, 5.74) is 11.1. The third-order valence-electron chi connectivity index (χ3n) is 7.25. The first-order valence-electron chi connectivity index (χ1n) is 11.9. The lowest BCUT2D eigenvalue weighted by Crippen LogP contribution is -2.34. The number of benzene rings is 2. The second kappa shape index (κ2) is 8.99. The molecule has 3 aliphatic heterocycles. The molecule has 160 valence electrons. The summed E-state index contributed by atoms with van der Waals surface area (Å²) in [4.78, 5) is 5.26. The lowest BCUT2D eigenvalue weighted by atomic mass is 9.81. The molecule has 0 unspecified atom stereocenters. The number of likely N-dealkylation sites (tertiary alicyclic amines) is 1. The summed E-state index contributed by atoms with van der Waals surface area (Å²) in [5.74, 6) is 1.46. The van der Waals surface area contributed by atoms with Crippen LogP contribution in [0.4, 0.5) is 5.69 Å². The van der Waals surface area contributed by atoms with E-state index in [0.29, 0.717) is 12.0 Å². The number of ether oxygens (including phenoxy) is 1. The zero-order valence-electron chi connectivity index (χ0n) is 18.1. The number of rotatable bonds is 6. The molecule has 2 aromatic rings. The van der Waals surface area contributed by atoms with Gasteiger partial charge in [0.25, 0.3) is 0 Å². The van der Waals surface area contributed by atoms with Crippen molar-refractivity contribution in [1.82, 2.24) is 9.80 Å². The summed E-state index contributed by atoms with van der Waals surface area (Å²) < 4.78 is 6.21. The Morgan fingerprint density at radius 1 is 0.900 bits per heavy atom. The quantitative estimate of drug-likeness (QED) is 0.553. The van der Waals surface area contributed by atoms with Crippen molar-refractivity contribution >= 4 is 5.69 Å². The van der Waals surface area contributed by atoms with Crippen LogP contribution in [0.5, 0.6) is 5.75 Å². The fourth-order valence-corrected chi connectivity index (χ4v) is 5.65. The van der Waals surface area contributed by atoms with E-state index in [1.54, 1.807) is 0 Å². The third kappa shape index (κ3) is 4.21. The van der Waals surface area contributed by atoms with Crippen molar-refractivity contribution in [2.75, 3.05) is 45.1 Å². The van der Waals surface area contributed by atoms with Gasteiger partial charge in [-0.3, -0.25) is 4.90 Å². The van der Waals surface area contributed by atoms with Crippen LogP contribution < -0.4 is 10.5 Å². The molecule has 2 fully saturated rings. The topological polar surface area (TPSA) is 41.7 Å². The Kier molecular flexibility index (Phi) is 5.96. The number of hydrogen-bond donors (Lipinski definition) is 1. The summed E-state index contributed by atoms with van der Waals surface area (Å²) in [5, 5.41) is 0. The molecule has 3 aliphatic rings. The first-order chi connectivity index (χ1) is 14.8. The molecule has 5 rings (SSSR count). The molecule has 0 aliphatic carbocycles. The smallest absolute Gasteiger partial charge is 0.119 e. The minimum Gasteiger partial charge on any atom is -0.494 e. The molecule has 0 bridgehead atoms. The number of fused-ring (bicyclic) bond motifs is 3. The van der Waals surface area contributed by atoms with Crippen molar-refractivity contribution in [2.45, 2.75) is 50.5 Å². The predicted molar refractivity (Wildman–Crippen MR) is 123 cm³/mol. The van der Waals surface area contributed by atoms with E-state index in [9.17, 15) is 0 Å². The average Bonchev–Trinajstić information content (AvgIpc) is 3.26. The number of hydrogen-bond acceptors (Lipinski definition) is 4. The van der Waals surface area contributed by atoms with E-state index < -0.39 is 0 Å². The molecule has 2 atom stereocenters. The maximum Gasteiger partial charge on any atom is 0.119 e. The molecule has 4 heteroatoms. The Hall–Kier alpha value is -2.04. The molecular formula is C26H35N3O. The second-order valence-corrected chi connectivity index (χ2v) is 9.27. The Morgan fingerprint density at radius 3 is 2.57 bits per heavy atom. The number of nitrogen functional groups attached to an aromatic ring is 1. The van der Waals surface area contributed by atoms with Crippen LogP contribution in [0.15, 0.2) is 42.5 Å². The molecule has 3 heterocycles. The van der Waals surface area contributed by atoms with Gasteiger partial charge in [0.05, 0.1) is 6.61 Å². The minimum absolute atomic E-state index is 0.420. The summed E-state index contributed by atoms with van der Waals surface area (Å²) in [6.07, 6.45) is 7.79. The Balaban J connectivity index is 1.29. The maximum atomic E-state index is 6.21. The Morgan fingerprint density at radius 2 is 1.73 bits per heavy atom. The first-order valence-corrected chi connectivity index (χ1v) is 11.9. The standard InChI is InChI=1S/C26H35N3O/c27-21-9-7-20(8-10-21)25-19-29-16-4-6-26(29)24-18-22(11-12-23(24)25)30-17-5-15-28-13-2-1-3-14-28/h7-12,18,25-26H,1-6,13-17,19,27H2/t25-,26-/m0/s1. The van der Waals surface area contributed by atoms with Crippen molar-refractivity contribution in [2.24, 2.45) is 0 Å². The van der Waals surface area contributed by atoms with Crippen molar-refractivity contribution < 1.29 is 4.74 Å². The van der Waals surface area contributed by atoms with E-state index in [4.69, 9.17) is 10.5 Å². The van der Waals surface area contributed by atoms with Crippen LogP contribution in [0.3, 0.4) is 0 Å². The fraction of sp³-hybridized carbons (Fsp3) is 0.538. The van der Waals surface area contributed by atoms with E-state index >= 15 is 0 Å². The fourth-order valence-electron chi connectivity index (χ4n) is 5.65. The largest absolute Gasteiger partial charge is 0.494 e. The van der Waals surface area contributed by atoms with Crippen LogP contribution in [0.2, 0.25) is 0 Å². The molecule has 0 radical (unpaired) electrons. The van der Waals surface area contributed by atoms with Gasteiger partial charge in [-0.25, -0.2) is 0 Å². The van der Waals surface area contributed by atoms with E-state index in [1.807, 2.05) is 12.1 Å². The van der Waals surface area contributed by atoms with Gasteiger partial charge < -0.3 is 15.4 Å². The van der Waals surface area contributed by atoms with Gasteiger partial charge in [0, 0.05) is 30.7 Å². The molecule has 2 aromatic carbocycles. The number of anilines is 1. The minimum atomic E-state index is 0.420. The highest BCUT2D eigenvalue weighted by atomic mass is 16.5. The van der Waals surface area contributed by atoms with Crippen LogP contribution >= 0.6 is 0 Å². The van der Waals surface area contributed by atoms with E-state index in [1.165, 1.54) is 75.0 Å². The van der Waals surface area contributed by atoms with Crippen LogP contribution in [0.25, 0.3) is 0 Å². The lowest BCUT2D eigenvalue weighted by Gasteiger charge is -2.37. The SMILES string of the molecule is Nc1ccc([C@@H]2CN3CCC[C@H]3c3cc(OCCCN4CCCCC4)ccc32)cc1. The van der Waals surface area contributed by atoms with Gasteiger partial charge in [0.2, 0.25) is 0 Å². The molecule has 0 amide bonds. The highest BCUT2D eigenvalue weighted by Crippen LogP contribution is 2.45. The van der Waals surface area contributed by atoms with Crippen LogP contribution in [-0.2, 0) is 0 Å². The van der Waals surface area contributed by atoms with Gasteiger partial charge in [0.15, 0.2) is 0 Å². The van der Waals surface area contributed by atoms with Gasteiger partial charge in [-0.1, -0.05) is 24.6 Å². The molecule has 4 nitrogen and oxygen atoms in total. The molecule has 30 heavy (non-hydrogen) atoms. The maximum absolute atomic E-state index is 6.21. The van der Waals surface area contributed by atoms with Gasteiger partial charge in [-0.2, -0.15) is 0 Å². The Labute approximate surface area is 181 Å². The van der Waals surface area contributed by atoms with Gasteiger partial charge in [-0.15, -0.1) is 0 Å². The predicted octanol–water partition coefficient (Wildman–Crippen LogP) is 4.81. The van der Waals surface area contributed by atoms with Crippen LogP contribution in [0, 0.1) is 0 Å². The van der Waals surface area contributed by atoms with Crippen LogP contribution in [-0.4, -0.2) is 49.1 Å². The summed E-state index contributed by atoms with van der Waals surface area (Å²) in [6, 6.07) is 15.9. The van der Waals surface area contributed by atoms with E-state index in [-0.39, 0.29) is 0 Å². The molecule has 2 saturated heterocycles. The van der Waals surface area contributed by atoms with Crippen molar-refractivity contribution in [3.05, 3.63) is 59.2 Å². The molecule has 0 aromatic heterocycles. The highest BCUT2D eigenvalue weighted by molar-refractivity contribution is 5.48. The van der Waals surface area contributed by atoms with E-state index in [2.05, 4.69) is 40.1 Å². The first kappa shape index (κ1) is 19.9. The van der Waals surface area contributed by atoms with Gasteiger partial charge in [-0.05, 0) is 92.7 Å². The van der Waals surface area contributed by atoms with Crippen molar-refractivity contribution in [3.63, 3.8) is 0 Å². The monoisotopic (exact) mass is 405 g/mol. The number of nitrogens with two attached hydrogens (primary N) is 1. The van der Waals surface area contributed by atoms with Gasteiger partial charge in [0.1, 0.15) is 5.75 Å². The second-order valence-electron chi connectivity index (χ2n) is 9.27. The Bertz CT molecular complexity index is 844. The molecular weight excluding hydrogens is 370 g/mol. The number of nitrogens with zero attached hydrogens (tertiary/aromatic N) is 2. The average molecular weight is 406 g/mol. The zero-order chi connectivity index (χ0) is 20.3. The number of piperidine rings is 1. The van der Waals surface area contributed by atoms with Crippen molar-refractivity contribution in [1.29, 1.82) is 0 Å². The normalized spacial score (nSPS) is 24.4. The van der Waals surface area contributed by atoms with Crippen LogP contribution in [0.1, 0.15) is 67.2 Å². The molecule has 0 saturated carbocycles. The lowest BCUT2D eigenvalue weighted by molar-refractivity contribution is 0.204.